The molecular weight excluding hydrogens is 244 g/mol. The molecule has 3 aromatic rings. The fourth-order valence-corrected chi connectivity index (χ4v) is 2.75. The highest BCUT2D eigenvalue weighted by Crippen LogP contribution is 2.31. The molecule has 3 nitrogen and oxygen atoms in total. The van der Waals surface area contributed by atoms with Crippen molar-refractivity contribution in [3.8, 4) is 11.5 Å². The van der Waals surface area contributed by atoms with Crippen molar-refractivity contribution in [2.24, 2.45) is 0 Å². The van der Waals surface area contributed by atoms with E-state index in [-0.39, 0.29) is 0 Å². The van der Waals surface area contributed by atoms with E-state index >= 15 is 0 Å². The number of benzene rings is 1. The second kappa shape index (κ2) is 4.66. The molecule has 2 heterocycles. The van der Waals surface area contributed by atoms with Crippen molar-refractivity contribution in [2.75, 3.05) is 5.73 Å². The number of rotatable bonds is 3. The van der Waals surface area contributed by atoms with Crippen LogP contribution in [0, 0.1) is 0 Å². The highest BCUT2D eigenvalue weighted by Gasteiger charge is 2.14. The average Bonchev–Trinajstić information content (AvgIpc) is 3.00. The predicted molar refractivity (Wildman–Crippen MR) is 73.5 cm³/mol. The van der Waals surface area contributed by atoms with E-state index in [1.165, 1.54) is 16.9 Å². The predicted octanol–water partition coefficient (Wildman–Crippen LogP) is 3.58. The van der Waals surface area contributed by atoms with Gasteiger partial charge in [-0.3, -0.25) is 0 Å². The Hall–Kier alpha value is -2.07. The van der Waals surface area contributed by atoms with Crippen LogP contribution in [0.3, 0.4) is 0 Å². The van der Waals surface area contributed by atoms with Gasteiger partial charge < -0.3 is 10.2 Å². The number of nitrogens with zero attached hydrogens (tertiary/aromatic N) is 1. The van der Waals surface area contributed by atoms with Crippen LogP contribution in [0.25, 0.3) is 11.5 Å². The van der Waals surface area contributed by atoms with Gasteiger partial charge in [-0.1, -0.05) is 30.3 Å². The fourth-order valence-electron chi connectivity index (χ4n) is 1.88. The van der Waals surface area contributed by atoms with E-state index in [2.05, 4.69) is 17.1 Å². The maximum absolute atomic E-state index is 5.80. The Morgan fingerprint density at radius 2 is 1.94 bits per heavy atom. The van der Waals surface area contributed by atoms with Gasteiger partial charge in [0.05, 0.1) is 6.26 Å². The SMILES string of the molecule is Nc1nc(-c2ccco2)c(Cc2ccccc2)s1. The smallest absolute Gasteiger partial charge is 0.180 e. The lowest BCUT2D eigenvalue weighted by molar-refractivity contribution is 0.580. The molecule has 2 N–H and O–H groups in total. The summed E-state index contributed by atoms with van der Waals surface area (Å²) in [4.78, 5) is 5.48. The summed E-state index contributed by atoms with van der Waals surface area (Å²) in [6.07, 6.45) is 2.48. The van der Waals surface area contributed by atoms with Crippen molar-refractivity contribution in [1.29, 1.82) is 0 Å². The Balaban J connectivity index is 1.98. The number of furan rings is 1. The number of hydrogen-bond acceptors (Lipinski definition) is 4. The van der Waals surface area contributed by atoms with Gasteiger partial charge in [-0.15, -0.1) is 11.3 Å². The highest BCUT2D eigenvalue weighted by molar-refractivity contribution is 7.15. The van der Waals surface area contributed by atoms with Crippen LogP contribution >= 0.6 is 11.3 Å². The Bertz CT molecular complexity index is 629. The minimum absolute atomic E-state index is 0.576. The number of nitrogens with two attached hydrogens (primary N) is 1. The third-order valence-corrected chi connectivity index (χ3v) is 3.56. The summed E-state index contributed by atoms with van der Waals surface area (Å²) in [5.41, 5.74) is 7.90. The minimum atomic E-state index is 0.576. The van der Waals surface area contributed by atoms with Crippen molar-refractivity contribution >= 4 is 16.5 Å². The maximum atomic E-state index is 5.80. The van der Waals surface area contributed by atoms with Crippen molar-refractivity contribution in [2.45, 2.75) is 6.42 Å². The van der Waals surface area contributed by atoms with Gasteiger partial charge in [-0.05, 0) is 17.7 Å². The molecule has 0 aliphatic rings. The van der Waals surface area contributed by atoms with Crippen LogP contribution in [0.2, 0.25) is 0 Å². The van der Waals surface area contributed by atoms with Crippen LogP contribution < -0.4 is 5.73 Å². The molecule has 0 saturated heterocycles. The summed E-state index contributed by atoms with van der Waals surface area (Å²) in [5, 5.41) is 0.576. The summed E-state index contributed by atoms with van der Waals surface area (Å²) < 4.78 is 5.40. The van der Waals surface area contributed by atoms with Gasteiger partial charge in [0.25, 0.3) is 0 Å². The first-order chi connectivity index (χ1) is 8.83. The second-order valence-electron chi connectivity index (χ2n) is 3.96. The molecule has 0 unspecified atom stereocenters. The number of aromatic nitrogens is 1. The van der Waals surface area contributed by atoms with Crippen LogP contribution in [-0.4, -0.2) is 4.98 Å². The molecule has 2 aromatic heterocycles. The topological polar surface area (TPSA) is 52.0 Å². The first kappa shape index (κ1) is 11.0. The molecule has 0 atom stereocenters. The Labute approximate surface area is 109 Å². The van der Waals surface area contributed by atoms with Crippen molar-refractivity contribution in [1.82, 2.24) is 4.98 Å². The van der Waals surface area contributed by atoms with Crippen molar-refractivity contribution < 1.29 is 4.42 Å². The molecule has 4 heteroatoms. The van der Waals surface area contributed by atoms with Gasteiger partial charge in [-0.2, -0.15) is 0 Å². The van der Waals surface area contributed by atoms with Crippen LogP contribution in [0.1, 0.15) is 10.4 Å². The number of anilines is 1. The number of nitrogen functional groups attached to an aromatic ring is 1. The standard InChI is InChI=1S/C14H12N2OS/c15-14-16-13(11-7-4-8-17-11)12(18-14)9-10-5-2-1-3-6-10/h1-8H,9H2,(H2,15,16). The summed E-state index contributed by atoms with van der Waals surface area (Å²) in [7, 11) is 0. The first-order valence-electron chi connectivity index (χ1n) is 5.66. The largest absolute Gasteiger partial charge is 0.463 e. The van der Waals surface area contributed by atoms with Gasteiger partial charge >= 0.3 is 0 Å². The molecule has 18 heavy (non-hydrogen) atoms. The van der Waals surface area contributed by atoms with E-state index in [1.807, 2.05) is 30.3 Å². The van der Waals surface area contributed by atoms with Gasteiger partial charge in [0.1, 0.15) is 5.69 Å². The lowest BCUT2D eigenvalue weighted by atomic mass is 10.1. The van der Waals surface area contributed by atoms with E-state index < -0.39 is 0 Å². The Morgan fingerprint density at radius 1 is 1.11 bits per heavy atom. The van der Waals surface area contributed by atoms with E-state index in [9.17, 15) is 0 Å². The van der Waals surface area contributed by atoms with Crippen molar-refractivity contribution in [3.05, 3.63) is 59.2 Å². The molecule has 0 amide bonds. The summed E-state index contributed by atoms with van der Waals surface area (Å²) in [5.74, 6) is 0.772. The van der Waals surface area contributed by atoms with E-state index in [0.29, 0.717) is 5.13 Å². The zero-order valence-electron chi connectivity index (χ0n) is 9.67. The lowest BCUT2D eigenvalue weighted by Crippen LogP contribution is -1.87. The first-order valence-corrected chi connectivity index (χ1v) is 6.47. The number of thiazole rings is 1. The molecule has 0 aliphatic carbocycles. The van der Waals surface area contributed by atoms with Gasteiger partial charge in [0.2, 0.25) is 0 Å². The quantitative estimate of drug-likeness (QED) is 0.779. The van der Waals surface area contributed by atoms with E-state index in [0.717, 1.165) is 22.8 Å². The molecule has 0 radical (unpaired) electrons. The highest BCUT2D eigenvalue weighted by atomic mass is 32.1. The molecule has 0 aliphatic heterocycles. The van der Waals surface area contributed by atoms with E-state index in [1.54, 1.807) is 6.26 Å². The molecule has 0 saturated carbocycles. The fraction of sp³-hybridized carbons (Fsp3) is 0.0714. The number of hydrogen-bond donors (Lipinski definition) is 1. The molecule has 90 valence electrons. The van der Waals surface area contributed by atoms with E-state index in [4.69, 9.17) is 10.2 Å². The maximum Gasteiger partial charge on any atom is 0.180 e. The molecule has 3 rings (SSSR count). The summed E-state index contributed by atoms with van der Waals surface area (Å²) in [6.45, 7) is 0. The Morgan fingerprint density at radius 3 is 2.67 bits per heavy atom. The minimum Gasteiger partial charge on any atom is -0.463 e. The normalized spacial score (nSPS) is 10.7. The Kier molecular flexibility index (Phi) is 2.86. The van der Waals surface area contributed by atoms with Crippen LogP contribution in [0.15, 0.2) is 53.1 Å². The third-order valence-electron chi connectivity index (χ3n) is 2.68. The van der Waals surface area contributed by atoms with Crippen LogP contribution in [-0.2, 0) is 6.42 Å². The lowest BCUT2D eigenvalue weighted by Gasteiger charge is -2.00. The second-order valence-corrected chi connectivity index (χ2v) is 5.08. The zero-order valence-corrected chi connectivity index (χ0v) is 10.5. The molecule has 0 spiro atoms. The van der Waals surface area contributed by atoms with Gasteiger partial charge in [0.15, 0.2) is 10.9 Å². The molecule has 0 bridgehead atoms. The van der Waals surface area contributed by atoms with Gasteiger partial charge in [-0.25, -0.2) is 4.98 Å². The monoisotopic (exact) mass is 256 g/mol. The van der Waals surface area contributed by atoms with Crippen LogP contribution in [0.4, 0.5) is 5.13 Å². The average molecular weight is 256 g/mol. The zero-order chi connectivity index (χ0) is 12.4. The van der Waals surface area contributed by atoms with Gasteiger partial charge in [0, 0.05) is 11.3 Å². The van der Waals surface area contributed by atoms with Crippen molar-refractivity contribution in [3.63, 3.8) is 0 Å². The third kappa shape index (κ3) is 2.15. The molecule has 0 fully saturated rings. The molecule has 1 aromatic carbocycles. The summed E-state index contributed by atoms with van der Waals surface area (Å²) >= 11 is 1.51. The molecular formula is C14H12N2OS. The summed E-state index contributed by atoms with van der Waals surface area (Å²) in [6, 6.07) is 14.0. The van der Waals surface area contributed by atoms with Crippen LogP contribution in [0.5, 0.6) is 0 Å².